The summed E-state index contributed by atoms with van der Waals surface area (Å²) < 4.78 is 40.3. The summed E-state index contributed by atoms with van der Waals surface area (Å²) in [7, 11) is -3.80. The number of hydrazine groups is 1. The second-order valence-electron chi connectivity index (χ2n) is 7.35. The maximum atomic E-state index is 13.4. The van der Waals surface area contributed by atoms with Gasteiger partial charge in [0.25, 0.3) is 0 Å². The summed E-state index contributed by atoms with van der Waals surface area (Å²) in [5, 5.41) is -0.238. The van der Waals surface area contributed by atoms with Gasteiger partial charge in [0.05, 0.1) is 9.92 Å². The van der Waals surface area contributed by atoms with Crippen LogP contribution in [0.1, 0.15) is 18.0 Å². The third-order valence-corrected chi connectivity index (χ3v) is 7.67. The molecule has 7 nitrogen and oxygen atoms in total. The molecular weight excluding hydrogens is 431 g/mol. The third kappa shape index (κ3) is 4.21. The van der Waals surface area contributed by atoms with E-state index < -0.39 is 15.8 Å². The number of nitrogens with one attached hydrogen (secondary N) is 2. The van der Waals surface area contributed by atoms with E-state index in [0.29, 0.717) is 19.5 Å². The first-order chi connectivity index (χ1) is 14.4. The molecule has 2 aliphatic heterocycles. The molecule has 30 heavy (non-hydrogen) atoms. The molecule has 2 aromatic carbocycles. The lowest BCUT2D eigenvalue weighted by molar-refractivity contribution is -0.134. The van der Waals surface area contributed by atoms with Crippen LogP contribution in [-0.4, -0.2) is 55.8 Å². The van der Waals surface area contributed by atoms with Crippen molar-refractivity contribution in [3.05, 3.63) is 64.9 Å². The van der Waals surface area contributed by atoms with Crippen molar-refractivity contribution < 1.29 is 17.6 Å². The molecule has 0 bridgehead atoms. The number of carbonyl (C=O) groups is 1. The van der Waals surface area contributed by atoms with E-state index in [1.807, 2.05) is 30.3 Å². The average Bonchev–Trinajstić information content (AvgIpc) is 3.26. The van der Waals surface area contributed by atoms with E-state index in [2.05, 4.69) is 10.9 Å². The topological polar surface area (TPSA) is 81.8 Å². The molecule has 2 atom stereocenters. The van der Waals surface area contributed by atoms with Crippen molar-refractivity contribution in [2.45, 2.75) is 23.4 Å². The summed E-state index contributed by atoms with van der Waals surface area (Å²) in [6.07, 6.45) is 0.620. The van der Waals surface area contributed by atoms with Crippen molar-refractivity contribution in [2.75, 3.05) is 26.2 Å². The average molecular weight is 453 g/mol. The van der Waals surface area contributed by atoms with Gasteiger partial charge in [-0.3, -0.25) is 4.79 Å². The Balaban J connectivity index is 1.36. The maximum Gasteiger partial charge on any atom is 0.243 e. The number of piperazine rings is 1. The minimum Gasteiger partial charge on any atom is -0.339 e. The van der Waals surface area contributed by atoms with Gasteiger partial charge >= 0.3 is 0 Å². The second-order valence-corrected chi connectivity index (χ2v) is 9.69. The lowest BCUT2D eigenvalue weighted by atomic mass is 10.0. The standard InChI is InChI=1S/C20H22ClFN4O3S/c21-16-12-15(6-7-17(16)22)30(28,29)26-10-8-25(9-11-26)20(27)19-13-18(23-24-19)14-4-2-1-3-5-14/h1-7,12,18-19,23-24H,8-11,13H2. The molecule has 2 N–H and O–H groups in total. The molecule has 160 valence electrons. The largest absolute Gasteiger partial charge is 0.339 e. The van der Waals surface area contributed by atoms with Gasteiger partial charge in [-0.25, -0.2) is 23.7 Å². The normalized spacial score (nSPS) is 22.9. The van der Waals surface area contributed by atoms with Crippen LogP contribution in [0.3, 0.4) is 0 Å². The van der Waals surface area contributed by atoms with E-state index in [-0.39, 0.29) is 41.0 Å². The zero-order valence-corrected chi connectivity index (χ0v) is 17.7. The summed E-state index contributed by atoms with van der Waals surface area (Å²) in [4.78, 5) is 14.5. The second kappa shape index (κ2) is 8.60. The summed E-state index contributed by atoms with van der Waals surface area (Å²) in [6.45, 7) is 0.930. The van der Waals surface area contributed by atoms with Crippen molar-refractivity contribution >= 4 is 27.5 Å². The molecule has 0 aromatic heterocycles. The zero-order chi connectivity index (χ0) is 21.3. The van der Waals surface area contributed by atoms with Crippen LogP contribution < -0.4 is 10.9 Å². The molecule has 0 spiro atoms. The number of amides is 1. The van der Waals surface area contributed by atoms with Crippen molar-refractivity contribution in [1.82, 2.24) is 20.1 Å². The molecule has 2 aliphatic rings. The highest BCUT2D eigenvalue weighted by Gasteiger charge is 2.36. The maximum absolute atomic E-state index is 13.4. The number of hydrogen-bond acceptors (Lipinski definition) is 5. The number of nitrogens with zero attached hydrogens (tertiary/aromatic N) is 2. The number of halogens is 2. The van der Waals surface area contributed by atoms with Gasteiger partial charge in [0.2, 0.25) is 15.9 Å². The molecule has 2 aromatic rings. The molecule has 0 saturated carbocycles. The molecular formula is C20H22ClFN4O3S. The van der Waals surface area contributed by atoms with Crippen molar-refractivity contribution in [2.24, 2.45) is 0 Å². The molecule has 0 aliphatic carbocycles. The van der Waals surface area contributed by atoms with Gasteiger partial charge in [0, 0.05) is 32.2 Å². The molecule has 1 amide bonds. The first kappa shape index (κ1) is 21.2. The Kier molecular flexibility index (Phi) is 6.08. The quantitative estimate of drug-likeness (QED) is 0.740. The monoisotopic (exact) mass is 452 g/mol. The number of hydrogen-bond donors (Lipinski definition) is 2. The SMILES string of the molecule is O=C(C1CC(c2ccccc2)NN1)N1CCN(S(=O)(=O)c2ccc(F)c(Cl)c2)CC1. The van der Waals surface area contributed by atoms with Crippen molar-refractivity contribution in [3.63, 3.8) is 0 Å². The van der Waals surface area contributed by atoms with Crippen LogP contribution in [-0.2, 0) is 14.8 Å². The predicted octanol–water partition coefficient (Wildman–Crippen LogP) is 1.92. The van der Waals surface area contributed by atoms with Crippen LogP contribution in [0, 0.1) is 5.82 Å². The Labute approximate surface area is 179 Å². The number of carbonyl (C=O) groups excluding carboxylic acids is 1. The molecule has 10 heteroatoms. The van der Waals surface area contributed by atoms with Gasteiger partial charge in [-0.15, -0.1) is 0 Å². The molecule has 4 rings (SSSR count). The molecule has 2 saturated heterocycles. The lowest BCUT2D eigenvalue weighted by Crippen LogP contribution is -2.54. The van der Waals surface area contributed by atoms with E-state index in [1.54, 1.807) is 4.90 Å². The smallest absolute Gasteiger partial charge is 0.243 e. The third-order valence-electron chi connectivity index (χ3n) is 5.48. The zero-order valence-electron chi connectivity index (χ0n) is 16.1. The van der Waals surface area contributed by atoms with Gasteiger partial charge in [-0.1, -0.05) is 41.9 Å². The number of sulfonamides is 1. The molecule has 2 unspecified atom stereocenters. The van der Waals surface area contributed by atoms with Gasteiger partial charge in [-0.05, 0) is 30.2 Å². The highest BCUT2D eigenvalue weighted by atomic mass is 35.5. The summed E-state index contributed by atoms with van der Waals surface area (Å²) >= 11 is 5.73. The van der Waals surface area contributed by atoms with E-state index in [4.69, 9.17) is 11.6 Å². The van der Waals surface area contributed by atoms with E-state index in [0.717, 1.165) is 17.7 Å². The Morgan fingerprint density at radius 3 is 2.40 bits per heavy atom. The Bertz CT molecular complexity index is 1030. The van der Waals surface area contributed by atoms with E-state index >= 15 is 0 Å². The van der Waals surface area contributed by atoms with Gasteiger partial charge < -0.3 is 4.90 Å². The Morgan fingerprint density at radius 1 is 1.03 bits per heavy atom. The minimum absolute atomic E-state index is 0.0463. The van der Waals surface area contributed by atoms with Gasteiger partial charge in [0.1, 0.15) is 11.9 Å². The van der Waals surface area contributed by atoms with Crippen LogP contribution in [0.5, 0.6) is 0 Å². The first-order valence-electron chi connectivity index (χ1n) is 9.66. The molecule has 2 fully saturated rings. The van der Waals surface area contributed by atoms with E-state index in [9.17, 15) is 17.6 Å². The van der Waals surface area contributed by atoms with Crippen LogP contribution in [0.15, 0.2) is 53.4 Å². The summed E-state index contributed by atoms with van der Waals surface area (Å²) in [5.41, 5.74) is 7.32. The van der Waals surface area contributed by atoms with Gasteiger partial charge in [0.15, 0.2) is 0 Å². The van der Waals surface area contributed by atoms with Crippen LogP contribution in [0.25, 0.3) is 0 Å². The number of benzene rings is 2. The van der Waals surface area contributed by atoms with Crippen LogP contribution in [0.2, 0.25) is 5.02 Å². The van der Waals surface area contributed by atoms with Crippen molar-refractivity contribution in [3.8, 4) is 0 Å². The fraction of sp³-hybridized carbons (Fsp3) is 0.350. The summed E-state index contributed by atoms with van der Waals surface area (Å²) in [6, 6.07) is 12.9. The fourth-order valence-electron chi connectivity index (χ4n) is 3.78. The minimum atomic E-state index is -3.80. The van der Waals surface area contributed by atoms with Crippen LogP contribution in [0.4, 0.5) is 4.39 Å². The molecule has 2 heterocycles. The number of rotatable bonds is 4. The highest BCUT2D eigenvalue weighted by Crippen LogP contribution is 2.25. The highest BCUT2D eigenvalue weighted by molar-refractivity contribution is 7.89. The van der Waals surface area contributed by atoms with Crippen LogP contribution >= 0.6 is 11.6 Å². The predicted molar refractivity (Wildman–Crippen MR) is 111 cm³/mol. The van der Waals surface area contributed by atoms with E-state index in [1.165, 1.54) is 10.4 Å². The molecule has 0 radical (unpaired) electrons. The Morgan fingerprint density at radius 2 is 1.73 bits per heavy atom. The first-order valence-corrected chi connectivity index (χ1v) is 11.5. The fourth-order valence-corrected chi connectivity index (χ4v) is 5.47. The Hall–Kier alpha value is -2.04. The van der Waals surface area contributed by atoms with Gasteiger partial charge in [-0.2, -0.15) is 4.31 Å². The summed E-state index contributed by atoms with van der Waals surface area (Å²) in [5.74, 6) is -0.722. The lowest BCUT2D eigenvalue weighted by Gasteiger charge is -2.35. The van der Waals surface area contributed by atoms with Crippen molar-refractivity contribution in [1.29, 1.82) is 0 Å².